The van der Waals surface area contributed by atoms with E-state index in [1.165, 1.54) is 13.3 Å². The summed E-state index contributed by atoms with van der Waals surface area (Å²) in [5.74, 6) is -0.197. The third kappa shape index (κ3) is 5.54. The molecule has 1 atom stereocenters. The van der Waals surface area contributed by atoms with Crippen LogP contribution in [-0.4, -0.2) is 30.6 Å². The zero-order chi connectivity index (χ0) is 14.5. The minimum absolute atomic E-state index is 0.197. The number of anilines is 1. The highest BCUT2D eigenvalue weighted by Gasteiger charge is 2.34. The minimum atomic E-state index is -4.45. The summed E-state index contributed by atoms with van der Waals surface area (Å²) in [5, 5.41) is 2.40. The van der Waals surface area contributed by atoms with Gasteiger partial charge in [-0.2, -0.15) is 13.2 Å². The van der Waals surface area contributed by atoms with Gasteiger partial charge in [0.05, 0.1) is 17.5 Å². The Hall–Kier alpha value is -0.530. The second-order valence-electron chi connectivity index (χ2n) is 3.82. The van der Waals surface area contributed by atoms with E-state index in [0.29, 0.717) is 13.0 Å². The second kappa shape index (κ2) is 7.31. The third-order valence-corrected chi connectivity index (χ3v) is 3.04. The average Bonchev–Trinajstić information content (AvgIpc) is 2.30. The predicted octanol–water partition coefficient (Wildman–Crippen LogP) is 3.92. The molecule has 1 aromatic heterocycles. The van der Waals surface area contributed by atoms with Gasteiger partial charge in [0, 0.05) is 24.3 Å². The zero-order valence-corrected chi connectivity index (χ0v) is 12.4. The SMILES string of the molecule is COCC(Cl)CCNc1ncc(Br)cc1C(F)(F)F. The van der Waals surface area contributed by atoms with E-state index in [0.717, 1.165) is 6.07 Å². The van der Waals surface area contributed by atoms with Crippen molar-refractivity contribution in [3.05, 3.63) is 22.3 Å². The van der Waals surface area contributed by atoms with Crippen LogP contribution in [0.5, 0.6) is 0 Å². The van der Waals surface area contributed by atoms with Crippen molar-refractivity contribution in [2.45, 2.75) is 18.0 Å². The predicted molar refractivity (Wildman–Crippen MR) is 71.6 cm³/mol. The summed E-state index contributed by atoms with van der Waals surface area (Å²) in [6, 6.07) is 0.989. The zero-order valence-electron chi connectivity index (χ0n) is 10.1. The van der Waals surface area contributed by atoms with Gasteiger partial charge < -0.3 is 10.1 Å². The van der Waals surface area contributed by atoms with Crippen LogP contribution in [0.4, 0.5) is 19.0 Å². The molecule has 0 saturated heterocycles. The Balaban J connectivity index is 2.68. The van der Waals surface area contributed by atoms with Gasteiger partial charge in [-0.05, 0) is 28.4 Å². The number of aromatic nitrogens is 1. The molecular weight excluding hydrogens is 348 g/mol. The molecule has 19 heavy (non-hydrogen) atoms. The fourth-order valence-corrected chi connectivity index (χ4v) is 1.97. The lowest BCUT2D eigenvalue weighted by molar-refractivity contribution is -0.137. The number of rotatable bonds is 6. The molecule has 1 aromatic rings. The topological polar surface area (TPSA) is 34.1 Å². The Bertz CT molecular complexity index is 417. The number of alkyl halides is 4. The van der Waals surface area contributed by atoms with Gasteiger partial charge >= 0.3 is 6.18 Å². The minimum Gasteiger partial charge on any atom is -0.383 e. The molecule has 0 aromatic carbocycles. The molecule has 1 unspecified atom stereocenters. The summed E-state index contributed by atoms with van der Waals surface area (Å²) in [6.45, 7) is 0.637. The number of nitrogens with one attached hydrogen (secondary N) is 1. The van der Waals surface area contributed by atoms with Crippen molar-refractivity contribution < 1.29 is 17.9 Å². The fraction of sp³-hybridized carbons (Fsp3) is 0.545. The van der Waals surface area contributed by atoms with Crippen LogP contribution in [0, 0.1) is 0 Å². The van der Waals surface area contributed by atoms with Gasteiger partial charge in [0.25, 0.3) is 0 Å². The molecule has 8 heteroatoms. The van der Waals surface area contributed by atoms with Gasteiger partial charge in [-0.3, -0.25) is 0 Å². The van der Waals surface area contributed by atoms with Crippen LogP contribution in [-0.2, 0) is 10.9 Å². The van der Waals surface area contributed by atoms with Crippen LogP contribution >= 0.6 is 27.5 Å². The summed E-state index contributed by atoms with van der Waals surface area (Å²) in [5.41, 5.74) is -0.806. The van der Waals surface area contributed by atoms with Gasteiger partial charge in [0.2, 0.25) is 0 Å². The molecule has 1 rings (SSSR count). The normalized spacial score (nSPS) is 13.4. The van der Waals surface area contributed by atoms with Crippen molar-refractivity contribution in [1.29, 1.82) is 0 Å². The molecule has 0 saturated carbocycles. The molecule has 0 fully saturated rings. The Morgan fingerprint density at radius 1 is 1.53 bits per heavy atom. The molecule has 0 aliphatic rings. The Kier molecular flexibility index (Phi) is 6.35. The maximum absolute atomic E-state index is 12.8. The van der Waals surface area contributed by atoms with Gasteiger partial charge in [-0.1, -0.05) is 0 Å². The molecule has 1 N–H and O–H groups in total. The van der Waals surface area contributed by atoms with Crippen molar-refractivity contribution in [3.8, 4) is 0 Å². The molecule has 1 heterocycles. The van der Waals surface area contributed by atoms with E-state index in [1.807, 2.05) is 0 Å². The van der Waals surface area contributed by atoms with E-state index in [-0.39, 0.29) is 22.2 Å². The van der Waals surface area contributed by atoms with Crippen molar-refractivity contribution in [3.63, 3.8) is 0 Å². The molecule has 0 aliphatic heterocycles. The summed E-state index contributed by atoms with van der Waals surface area (Å²) < 4.78 is 43.5. The largest absolute Gasteiger partial charge is 0.419 e. The van der Waals surface area contributed by atoms with E-state index in [4.69, 9.17) is 16.3 Å². The number of pyridine rings is 1. The van der Waals surface area contributed by atoms with Crippen LogP contribution in [0.25, 0.3) is 0 Å². The van der Waals surface area contributed by atoms with Gasteiger partial charge in [0.1, 0.15) is 5.82 Å². The molecule has 0 amide bonds. The van der Waals surface area contributed by atoms with Crippen molar-refractivity contribution in [2.75, 3.05) is 25.6 Å². The fourth-order valence-electron chi connectivity index (χ4n) is 1.41. The standard InChI is InChI=1S/C11H13BrClF3N2O/c1-19-6-8(13)2-3-17-10-9(11(14,15)16)4-7(12)5-18-10/h4-5,8H,2-3,6H2,1H3,(H,17,18). The van der Waals surface area contributed by atoms with Gasteiger partial charge in [0.15, 0.2) is 0 Å². The lowest BCUT2D eigenvalue weighted by Crippen LogP contribution is -2.17. The number of nitrogens with zero attached hydrogens (tertiary/aromatic N) is 1. The van der Waals surface area contributed by atoms with Crippen molar-refractivity contribution in [1.82, 2.24) is 4.98 Å². The molecule has 108 valence electrons. The molecule has 0 bridgehead atoms. The highest BCUT2D eigenvalue weighted by atomic mass is 79.9. The van der Waals surface area contributed by atoms with E-state index in [2.05, 4.69) is 26.2 Å². The van der Waals surface area contributed by atoms with E-state index in [1.54, 1.807) is 0 Å². The van der Waals surface area contributed by atoms with Crippen LogP contribution in [0.3, 0.4) is 0 Å². The number of hydrogen-bond donors (Lipinski definition) is 1. The number of ether oxygens (including phenoxy) is 1. The lowest BCUT2D eigenvalue weighted by atomic mass is 10.2. The molecular formula is C11H13BrClF3N2O. The molecule has 0 aliphatic carbocycles. The highest BCUT2D eigenvalue weighted by Crippen LogP contribution is 2.35. The highest BCUT2D eigenvalue weighted by molar-refractivity contribution is 9.10. The molecule has 3 nitrogen and oxygen atoms in total. The molecule has 0 radical (unpaired) electrons. The first-order valence-electron chi connectivity index (χ1n) is 5.44. The monoisotopic (exact) mass is 360 g/mol. The Labute approximate surface area is 122 Å². The van der Waals surface area contributed by atoms with E-state index >= 15 is 0 Å². The Morgan fingerprint density at radius 2 is 2.21 bits per heavy atom. The lowest BCUT2D eigenvalue weighted by Gasteiger charge is -2.14. The number of halogens is 5. The first-order chi connectivity index (χ1) is 8.84. The van der Waals surface area contributed by atoms with Crippen LogP contribution < -0.4 is 5.32 Å². The van der Waals surface area contributed by atoms with E-state index < -0.39 is 11.7 Å². The van der Waals surface area contributed by atoms with Crippen LogP contribution in [0.15, 0.2) is 16.7 Å². The van der Waals surface area contributed by atoms with Crippen molar-refractivity contribution >= 4 is 33.3 Å². The van der Waals surface area contributed by atoms with Gasteiger partial charge in [-0.25, -0.2) is 4.98 Å². The maximum Gasteiger partial charge on any atom is 0.419 e. The first kappa shape index (κ1) is 16.5. The summed E-state index contributed by atoms with van der Waals surface area (Å²) in [7, 11) is 1.51. The third-order valence-electron chi connectivity index (χ3n) is 2.26. The quantitative estimate of drug-likeness (QED) is 0.780. The smallest absolute Gasteiger partial charge is 0.383 e. The summed E-state index contributed by atoms with van der Waals surface area (Å²) in [6.07, 6.45) is -2.67. The van der Waals surface area contributed by atoms with Crippen LogP contribution in [0.1, 0.15) is 12.0 Å². The molecule has 0 spiro atoms. The first-order valence-corrected chi connectivity index (χ1v) is 6.67. The van der Waals surface area contributed by atoms with Crippen molar-refractivity contribution in [2.24, 2.45) is 0 Å². The Morgan fingerprint density at radius 3 is 2.79 bits per heavy atom. The second-order valence-corrected chi connectivity index (χ2v) is 5.35. The number of hydrogen-bond acceptors (Lipinski definition) is 3. The average molecular weight is 362 g/mol. The van der Waals surface area contributed by atoms with Crippen LogP contribution in [0.2, 0.25) is 0 Å². The number of methoxy groups -OCH3 is 1. The maximum atomic E-state index is 12.8. The summed E-state index contributed by atoms with van der Waals surface area (Å²) in [4.78, 5) is 3.74. The van der Waals surface area contributed by atoms with Gasteiger partial charge in [-0.15, -0.1) is 11.6 Å². The summed E-state index contributed by atoms with van der Waals surface area (Å²) >= 11 is 8.86. The van der Waals surface area contributed by atoms with E-state index in [9.17, 15) is 13.2 Å².